The van der Waals surface area contributed by atoms with Crippen LogP contribution in [0.15, 0.2) is 91.4 Å². The number of hydrogen-bond acceptors (Lipinski definition) is 4. The zero-order chi connectivity index (χ0) is 26.6. The maximum atomic E-state index is 13.2. The Kier molecular flexibility index (Phi) is 11.9. The van der Waals surface area contributed by atoms with E-state index in [1.807, 2.05) is 0 Å². The van der Waals surface area contributed by atoms with Gasteiger partial charge in [0.25, 0.3) is 0 Å². The number of aromatic carboxylic acids is 1. The first kappa shape index (κ1) is 30.0. The van der Waals surface area contributed by atoms with Gasteiger partial charge in [-0.15, -0.1) is 36.4 Å². The van der Waals surface area contributed by atoms with Crippen LogP contribution in [0.1, 0.15) is 10.5 Å². The molecule has 0 fully saturated rings. The Labute approximate surface area is 229 Å². The Morgan fingerprint density at radius 3 is 1.47 bits per heavy atom. The summed E-state index contributed by atoms with van der Waals surface area (Å²) in [4.78, 5) is 21.5. The van der Waals surface area contributed by atoms with E-state index in [2.05, 4.69) is 33.2 Å². The fourth-order valence-corrected chi connectivity index (χ4v) is 2.75. The van der Waals surface area contributed by atoms with Crippen molar-refractivity contribution in [3.63, 3.8) is 0 Å². The van der Waals surface area contributed by atoms with E-state index in [0.717, 1.165) is 24.3 Å². The van der Waals surface area contributed by atoms with Gasteiger partial charge in [0.1, 0.15) is 0 Å². The third-order valence-electron chi connectivity index (χ3n) is 4.37. The van der Waals surface area contributed by atoms with E-state index >= 15 is 0 Å². The summed E-state index contributed by atoms with van der Waals surface area (Å²) in [6, 6.07) is 24.6. The van der Waals surface area contributed by atoms with Gasteiger partial charge in [-0.25, -0.2) is 0 Å². The molecule has 1 N–H and O–H groups in total. The number of hydrogen-bond donors (Lipinski definition) is 1. The molecule has 0 aliphatic carbocycles. The topological polar surface area (TPSA) is 76.0 Å². The van der Waals surface area contributed by atoms with Gasteiger partial charge in [-0.05, 0) is 29.7 Å². The summed E-state index contributed by atoms with van der Waals surface area (Å²) < 4.78 is 51.6. The van der Waals surface area contributed by atoms with Crippen LogP contribution in [0, 0.1) is 41.5 Å². The maximum Gasteiger partial charge on any atom is 3.00 e. The number of rotatable bonds is 3. The third-order valence-corrected chi connectivity index (χ3v) is 4.37. The minimum absolute atomic E-state index is 0. The summed E-state index contributed by atoms with van der Waals surface area (Å²) in [5, 5.41) is 8.29. The summed E-state index contributed by atoms with van der Waals surface area (Å²) in [5.74, 6) is -3.62. The van der Waals surface area contributed by atoms with E-state index in [1.54, 1.807) is 54.9 Å². The molecule has 5 rings (SSSR count). The van der Waals surface area contributed by atoms with E-state index in [-0.39, 0.29) is 36.9 Å². The van der Waals surface area contributed by atoms with Gasteiger partial charge < -0.3 is 19.9 Å². The monoisotopic (exact) mass is 695 g/mol. The van der Waals surface area contributed by atoms with Gasteiger partial charge in [-0.2, -0.15) is 6.07 Å². The summed E-state index contributed by atoms with van der Waals surface area (Å²) in [6.45, 7) is 0. The minimum Gasteiger partial charge on any atom is -0.533 e. The molecule has 0 saturated carbocycles. The van der Waals surface area contributed by atoms with Gasteiger partial charge in [0.05, 0.1) is 0 Å². The zero-order valence-electron chi connectivity index (χ0n) is 19.2. The first-order chi connectivity index (χ1) is 17.8. The van der Waals surface area contributed by atoms with Gasteiger partial charge in [-0.1, -0.05) is 47.5 Å². The van der Waals surface area contributed by atoms with Crippen LogP contribution in [-0.4, -0.2) is 26.0 Å². The van der Waals surface area contributed by atoms with Crippen molar-refractivity contribution >= 4 is 5.97 Å². The number of carboxylic acids is 1. The maximum absolute atomic E-state index is 13.2. The van der Waals surface area contributed by atoms with Crippen molar-refractivity contribution in [3.05, 3.63) is 139 Å². The number of benzene rings is 2. The Bertz CT molecular complexity index is 1360. The van der Waals surface area contributed by atoms with Gasteiger partial charge in [-0.3, -0.25) is 22.5 Å². The molecule has 0 aliphatic rings. The molecule has 0 amide bonds. The Hall–Kier alpha value is -4.27. The Morgan fingerprint density at radius 2 is 1.16 bits per heavy atom. The zero-order valence-corrected chi connectivity index (χ0v) is 21.6. The van der Waals surface area contributed by atoms with Crippen molar-refractivity contribution in [3.8, 4) is 22.5 Å². The SMILES string of the molecule is Fc1c[c-]c(-c2ccccn2)c(F)c1.Fc1c[c-]c(-c2ccccn2)c(F)c1.O=C(O)c1[c-]cccn1.[Ir+3]. The molecule has 3 heterocycles. The normalized spacial score (nSPS) is 9.58. The fraction of sp³-hybridized carbons (Fsp3) is 0. The molecule has 0 spiro atoms. The van der Waals surface area contributed by atoms with E-state index in [9.17, 15) is 22.4 Å². The number of aromatic nitrogens is 3. The molecule has 192 valence electrons. The van der Waals surface area contributed by atoms with Crippen molar-refractivity contribution < 1.29 is 47.6 Å². The van der Waals surface area contributed by atoms with Crippen molar-refractivity contribution in [2.45, 2.75) is 0 Å². The Morgan fingerprint density at radius 1 is 0.684 bits per heavy atom. The van der Waals surface area contributed by atoms with Crippen LogP contribution in [0.25, 0.3) is 22.5 Å². The first-order valence-electron chi connectivity index (χ1n) is 10.5. The number of carbonyl (C=O) groups is 1. The van der Waals surface area contributed by atoms with Gasteiger partial charge in [0, 0.05) is 41.4 Å². The van der Waals surface area contributed by atoms with E-state index < -0.39 is 29.2 Å². The molecule has 5 aromatic rings. The molecule has 0 atom stereocenters. The average molecular weight is 695 g/mol. The smallest absolute Gasteiger partial charge is 0.533 e. The van der Waals surface area contributed by atoms with E-state index in [1.165, 1.54) is 12.3 Å². The summed E-state index contributed by atoms with van der Waals surface area (Å²) >= 11 is 0. The van der Waals surface area contributed by atoms with Crippen molar-refractivity contribution in [1.82, 2.24) is 15.0 Å². The molecular weight excluding hydrogens is 679 g/mol. The minimum atomic E-state index is -1.05. The summed E-state index contributed by atoms with van der Waals surface area (Å²) in [7, 11) is 0. The summed E-state index contributed by atoms with van der Waals surface area (Å²) in [6.07, 6.45) is 4.51. The quantitative estimate of drug-likeness (QED) is 0.179. The van der Waals surface area contributed by atoms with Crippen LogP contribution in [0.5, 0.6) is 0 Å². The fourth-order valence-electron chi connectivity index (χ4n) is 2.75. The molecule has 3 aromatic heterocycles. The second kappa shape index (κ2) is 15.1. The Balaban J connectivity index is 0.000000203. The summed E-state index contributed by atoms with van der Waals surface area (Å²) in [5.41, 5.74) is 1.23. The van der Waals surface area contributed by atoms with Crippen molar-refractivity contribution in [2.75, 3.05) is 0 Å². The average Bonchev–Trinajstić information content (AvgIpc) is 2.91. The van der Waals surface area contributed by atoms with Gasteiger partial charge in [0.15, 0.2) is 0 Å². The van der Waals surface area contributed by atoms with Crippen molar-refractivity contribution in [1.29, 1.82) is 0 Å². The molecule has 0 unspecified atom stereocenters. The van der Waals surface area contributed by atoms with Crippen LogP contribution in [-0.2, 0) is 20.1 Å². The number of carboxylic acid groups (broad SMARTS) is 1. The molecular formula is C28H16F4IrN3O2. The number of halogens is 4. The second-order valence-electron chi connectivity index (χ2n) is 6.95. The number of nitrogens with zero attached hydrogens (tertiary/aromatic N) is 3. The first-order valence-corrected chi connectivity index (χ1v) is 10.5. The molecule has 10 heteroatoms. The van der Waals surface area contributed by atoms with Crippen molar-refractivity contribution in [2.24, 2.45) is 0 Å². The van der Waals surface area contributed by atoms with Crippen LogP contribution < -0.4 is 0 Å². The van der Waals surface area contributed by atoms with Crippen LogP contribution in [0.2, 0.25) is 0 Å². The predicted molar refractivity (Wildman–Crippen MR) is 127 cm³/mol. The van der Waals surface area contributed by atoms with E-state index in [0.29, 0.717) is 11.4 Å². The molecule has 2 aromatic carbocycles. The molecule has 0 radical (unpaired) electrons. The molecule has 5 nitrogen and oxygen atoms in total. The predicted octanol–water partition coefficient (Wildman–Crippen LogP) is 6.23. The molecule has 0 saturated heterocycles. The van der Waals surface area contributed by atoms with Gasteiger partial charge >= 0.3 is 20.1 Å². The number of pyridine rings is 3. The second-order valence-corrected chi connectivity index (χ2v) is 6.95. The van der Waals surface area contributed by atoms with Crippen LogP contribution in [0.4, 0.5) is 17.6 Å². The largest absolute Gasteiger partial charge is 3.00 e. The molecule has 0 bridgehead atoms. The molecule has 38 heavy (non-hydrogen) atoms. The van der Waals surface area contributed by atoms with Crippen LogP contribution in [0.3, 0.4) is 0 Å². The van der Waals surface area contributed by atoms with Crippen LogP contribution >= 0.6 is 0 Å². The van der Waals surface area contributed by atoms with E-state index in [4.69, 9.17) is 5.11 Å². The standard InChI is InChI=1S/2C11H6F2N.C6H4NO2.Ir/c2*12-8-4-5-9(10(13)7-8)11-3-1-2-6-14-11;8-6(9)5-3-1-2-4-7-5;/h2*1-4,6-7H;1-2,4H,(H,8,9);/q3*-1;+3. The molecule has 0 aliphatic heterocycles. The van der Waals surface area contributed by atoms with Gasteiger partial charge in [0.2, 0.25) is 5.97 Å². The third kappa shape index (κ3) is 8.99.